The zero-order chi connectivity index (χ0) is 25.8. The van der Waals surface area contributed by atoms with Crippen LogP contribution in [0.15, 0.2) is 72.9 Å². The lowest BCUT2D eigenvalue weighted by molar-refractivity contribution is -0.121. The molecule has 1 N–H and O–H groups in total. The van der Waals surface area contributed by atoms with E-state index in [1.807, 2.05) is 48.7 Å². The highest BCUT2D eigenvalue weighted by Crippen LogP contribution is 2.29. The Bertz CT molecular complexity index is 1110. The van der Waals surface area contributed by atoms with Crippen molar-refractivity contribution < 1.29 is 14.3 Å². The van der Waals surface area contributed by atoms with Crippen LogP contribution in [0.4, 0.5) is 0 Å². The summed E-state index contributed by atoms with van der Waals surface area (Å²) in [4.78, 5) is 17.1. The molecule has 0 saturated carbocycles. The number of aryl methyl sites for hydroxylation is 2. The molecule has 190 valence electrons. The monoisotopic (exact) mass is 486 g/mol. The minimum absolute atomic E-state index is 0.0741. The zero-order valence-electron chi connectivity index (χ0n) is 21.9. The van der Waals surface area contributed by atoms with Crippen LogP contribution in [0.5, 0.6) is 11.5 Å². The summed E-state index contributed by atoms with van der Waals surface area (Å²) in [6, 6.07) is 20.3. The largest absolute Gasteiger partial charge is 0.497 e. The number of amides is 1. The molecule has 0 aliphatic rings. The number of ether oxygens (including phenoxy) is 2. The molecule has 5 nitrogen and oxygen atoms in total. The van der Waals surface area contributed by atoms with Gasteiger partial charge in [0.15, 0.2) is 0 Å². The first-order valence-corrected chi connectivity index (χ1v) is 12.7. The number of hydrogen-bond donors (Lipinski definition) is 1. The fraction of sp³-hybridized carbons (Fsp3) is 0.355. The van der Waals surface area contributed by atoms with Crippen LogP contribution in [0.3, 0.4) is 0 Å². The van der Waals surface area contributed by atoms with Crippen LogP contribution in [0, 0.1) is 0 Å². The summed E-state index contributed by atoms with van der Waals surface area (Å²) in [6.07, 6.45) is 8.96. The Kier molecular flexibility index (Phi) is 10.6. The van der Waals surface area contributed by atoms with E-state index >= 15 is 0 Å². The Morgan fingerprint density at radius 2 is 1.67 bits per heavy atom. The highest BCUT2D eigenvalue weighted by Gasteiger charge is 2.11. The molecule has 5 heteroatoms. The van der Waals surface area contributed by atoms with E-state index in [1.165, 1.54) is 11.3 Å². The molecule has 0 spiro atoms. The molecule has 0 aliphatic heterocycles. The third-order valence-electron chi connectivity index (χ3n) is 6.29. The second-order valence-corrected chi connectivity index (χ2v) is 8.94. The van der Waals surface area contributed by atoms with E-state index in [9.17, 15) is 4.79 Å². The number of pyridine rings is 1. The van der Waals surface area contributed by atoms with Gasteiger partial charge in [-0.05, 0) is 91.6 Å². The Balaban J connectivity index is 1.59. The number of methoxy groups -OCH3 is 2. The standard InChI is InChI=1S/C31H38N2O3/c1-5-30-24(15-10-20-32-30)12-6-11-23(2)33-31(34)19-9-18-29(25-13-7-16-27(21-25)35-3)26-14-8-17-28(22-26)36-4/h7-8,10,13-18,20-23H,5-6,9,11-12,19H2,1-4H3,(H,33,34). The average Bonchev–Trinajstić information content (AvgIpc) is 2.91. The van der Waals surface area contributed by atoms with Gasteiger partial charge in [-0.15, -0.1) is 0 Å². The Morgan fingerprint density at radius 1 is 1.00 bits per heavy atom. The molecule has 3 aromatic rings. The number of carbonyl (C=O) groups excluding carboxylic acids is 1. The lowest BCUT2D eigenvalue weighted by Crippen LogP contribution is -2.32. The molecule has 2 aromatic carbocycles. The van der Waals surface area contributed by atoms with Crippen molar-refractivity contribution in [2.45, 2.75) is 58.4 Å². The van der Waals surface area contributed by atoms with Gasteiger partial charge in [0.05, 0.1) is 14.2 Å². The smallest absolute Gasteiger partial charge is 0.220 e. The van der Waals surface area contributed by atoms with E-state index < -0.39 is 0 Å². The number of hydrogen-bond acceptors (Lipinski definition) is 4. The lowest BCUT2D eigenvalue weighted by atomic mass is 9.96. The van der Waals surface area contributed by atoms with Crippen LogP contribution in [0.2, 0.25) is 0 Å². The van der Waals surface area contributed by atoms with Crippen LogP contribution in [-0.2, 0) is 17.6 Å². The Labute approximate surface area is 215 Å². The number of allylic oxidation sites excluding steroid dienone is 1. The van der Waals surface area contributed by atoms with Crippen LogP contribution >= 0.6 is 0 Å². The Hall–Kier alpha value is -3.60. The van der Waals surface area contributed by atoms with Gasteiger partial charge in [0.2, 0.25) is 5.91 Å². The van der Waals surface area contributed by atoms with Crippen LogP contribution < -0.4 is 14.8 Å². The second-order valence-electron chi connectivity index (χ2n) is 8.94. The molecule has 0 radical (unpaired) electrons. The van der Waals surface area contributed by atoms with Crippen molar-refractivity contribution in [2.75, 3.05) is 14.2 Å². The maximum absolute atomic E-state index is 12.7. The molecular weight excluding hydrogens is 448 g/mol. The molecule has 0 saturated heterocycles. The van der Waals surface area contributed by atoms with E-state index in [0.717, 1.165) is 53.9 Å². The van der Waals surface area contributed by atoms with Crippen molar-refractivity contribution in [2.24, 2.45) is 0 Å². The fourth-order valence-electron chi connectivity index (χ4n) is 4.37. The van der Waals surface area contributed by atoms with Crippen LogP contribution in [0.1, 0.15) is 61.9 Å². The van der Waals surface area contributed by atoms with Crippen molar-refractivity contribution in [3.05, 3.63) is 95.3 Å². The maximum Gasteiger partial charge on any atom is 0.220 e. The predicted octanol–water partition coefficient (Wildman–Crippen LogP) is 6.40. The van der Waals surface area contributed by atoms with Crippen molar-refractivity contribution in [3.63, 3.8) is 0 Å². The van der Waals surface area contributed by atoms with Gasteiger partial charge in [0.25, 0.3) is 0 Å². The molecule has 1 heterocycles. The molecule has 36 heavy (non-hydrogen) atoms. The van der Waals surface area contributed by atoms with E-state index in [2.05, 4.69) is 48.4 Å². The number of nitrogens with one attached hydrogen (secondary N) is 1. The normalized spacial score (nSPS) is 11.4. The first-order chi connectivity index (χ1) is 17.5. The number of nitrogens with zero attached hydrogens (tertiary/aromatic N) is 1. The second kappa shape index (κ2) is 14.1. The summed E-state index contributed by atoms with van der Waals surface area (Å²) in [5.41, 5.74) is 5.61. The highest BCUT2D eigenvalue weighted by molar-refractivity contribution is 5.82. The number of aromatic nitrogens is 1. The van der Waals surface area contributed by atoms with Crippen molar-refractivity contribution in [1.82, 2.24) is 10.3 Å². The van der Waals surface area contributed by atoms with E-state index in [-0.39, 0.29) is 11.9 Å². The first-order valence-electron chi connectivity index (χ1n) is 12.7. The van der Waals surface area contributed by atoms with E-state index in [1.54, 1.807) is 14.2 Å². The Morgan fingerprint density at radius 3 is 2.28 bits per heavy atom. The van der Waals surface area contributed by atoms with Crippen molar-refractivity contribution in [1.29, 1.82) is 0 Å². The predicted molar refractivity (Wildman–Crippen MR) is 146 cm³/mol. The molecule has 1 aromatic heterocycles. The maximum atomic E-state index is 12.7. The van der Waals surface area contributed by atoms with Gasteiger partial charge < -0.3 is 14.8 Å². The van der Waals surface area contributed by atoms with Gasteiger partial charge in [-0.1, -0.05) is 43.3 Å². The molecule has 0 fully saturated rings. The molecule has 0 aliphatic carbocycles. The minimum Gasteiger partial charge on any atom is -0.497 e. The van der Waals surface area contributed by atoms with E-state index in [4.69, 9.17) is 9.47 Å². The summed E-state index contributed by atoms with van der Waals surface area (Å²) in [6.45, 7) is 4.22. The van der Waals surface area contributed by atoms with Crippen molar-refractivity contribution >= 4 is 11.5 Å². The highest BCUT2D eigenvalue weighted by atomic mass is 16.5. The van der Waals surface area contributed by atoms with Crippen LogP contribution in [-0.4, -0.2) is 31.2 Å². The van der Waals surface area contributed by atoms with Gasteiger partial charge >= 0.3 is 0 Å². The SMILES string of the molecule is CCc1ncccc1CCCC(C)NC(=O)CCC=C(c1cccc(OC)c1)c1cccc(OC)c1. The minimum atomic E-state index is 0.0741. The average molecular weight is 487 g/mol. The fourth-order valence-corrected chi connectivity index (χ4v) is 4.37. The van der Waals surface area contributed by atoms with Gasteiger partial charge in [-0.25, -0.2) is 0 Å². The summed E-state index contributed by atoms with van der Waals surface area (Å²) in [7, 11) is 3.33. The van der Waals surface area contributed by atoms with Gasteiger partial charge in [-0.2, -0.15) is 0 Å². The first kappa shape index (κ1) is 27.0. The third kappa shape index (κ3) is 7.98. The third-order valence-corrected chi connectivity index (χ3v) is 6.29. The number of rotatable bonds is 13. The molecule has 1 unspecified atom stereocenters. The zero-order valence-corrected chi connectivity index (χ0v) is 21.9. The quantitative estimate of drug-likeness (QED) is 0.304. The molecule has 0 bridgehead atoms. The molecule has 1 atom stereocenters. The molecule has 3 rings (SSSR count). The van der Waals surface area contributed by atoms with Gasteiger partial charge in [0.1, 0.15) is 11.5 Å². The van der Waals surface area contributed by atoms with Crippen molar-refractivity contribution in [3.8, 4) is 11.5 Å². The van der Waals surface area contributed by atoms with Gasteiger partial charge in [-0.3, -0.25) is 9.78 Å². The summed E-state index contributed by atoms with van der Waals surface area (Å²) >= 11 is 0. The summed E-state index contributed by atoms with van der Waals surface area (Å²) in [5.74, 6) is 1.67. The number of benzene rings is 2. The molecule has 1 amide bonds. The molecular formula is C31H38N2O3. The summed E-state index contributed by atoms with van der Waals surface area (Å²) < 4.78 is 10.9. The lowest BCUT2D eigenvalue weighted by Gasteiger charge is -2.15. The topological polar surface area (TPSA) is 60.5 Å². The van der Waals surface area contributed by atoms with Gasteiger partial charge in [0, 0.05) is 24.4 Å². The van der Waals surface area contributed by atoms with E-state index in [0.29, 0.717) is 12.8 Å². The van der Waals surface area contributed by atoms with Crippen LogP contribution in [0.25, 0.3) is 5.57 Å². The number of carbonyl (C=O) groups is 1. The summed E-state index contributed by atoms with van der Waals surface area (Å²) in [5, 5.41) is 3.16.